The summed E-state index contributed by atoms with van der Waals surface area (Å²) in [6, 6.07) is 4.93. The number of nitro groups is 1. The fourth-order valence-corrected chi connectivity index (χ4v) is 1.77. The summed E-state index contributed by atoms with van der Waals surface area (Å²) < 4.78 is 5.64. The first kappa shape index (κ1) is 10.9. The van der Waals surface area contributed by atoms with Crippen LogP contribution in [0.4, 0.5) is 5.69 Å². The third kappa shape index (κ3) is 2.30. The summed E-state index contributed by atoms with van der Waals surface area (Å²) in [6.45, 7) is 3.55. The van der Waals surface area contributed by atoms with Crippen molar-refractivity contribution in [1.82, 2.24) is 5.32 Å². The third-order valence-corrected chi connectivity index (χ3v) is 2.62. The van der Waals surface area contributed by atoms with Crippen LogP contribution in [0, 0.1) is 17.0 Å². The Bertz CT molecular complexity index is 400. The largest absolute Gasteiger partial charge is 0.482 e. The van der Waals surface area contributed by atoms with E-state index in [0.29, 0.717) is 5.75 Å². The quantitative estimate of drug-likeness (QED) is 0.623. The second-order valence-corrected chi connectivity index (χ2v) is 3.96. The summed E-state index contributed by atoms with van der Waals surface area (Å²) in [5.41, 5.74) is 1.00. The van der Waals surface area contributed by atoms with Crippen LogP contribution in [-0.2, 0) is 0 Å². The van der Waals surface area contributed by atoms with Crippen molar-refractivity contribution in [2.24, 2.45) is 0 Å². The molecule has 2 rings (SSSR count). The fraction of sp³-hybridized carbons (Fsp3) is 0.455. The summed E-state index contributed by atoms with van der Waals surface area (Å²) in [4.78, 5) is 10.4. The Hall–Kier alpha value is -1.62. The molecular weight excluding hydrogens is 208 g/mol. The molecule has 1 atom stereocenters. The number of rotatable bonds is 3. The van der Waals surface area contributed by atoms with Gasteiger partial charge in [-0.1, -0.05) is 6.07 Å². The van der Waals surface area contributed by atoms with Crippen molar-refractivity contribution in [3.05, 3.63) is 33.9 Å². The summed E-state index contributed by atoms with van der Waals surface area (Å²) in [5.74, 6) is 0.374. The molecule has 1 aliphatic heterocycles. The molecule has 1 fully saturated rings. The maximum absolute atomic E-state index is 10.8. The minimum Gasteiger partial charge on any atom is -0.482 e. The highest BCUT2D eigenvalue weighted by atomic mass is 16.6. The highest BCUT2D eigenvalue weighted by Gasteiger charge is 2.21. The van der Waals surface area contributed by atoms with Gasteiger partial charge in [0.05, 0.1) is 4.92 Å². The number of hydrogen-bond acceptors (Lipinski definition) is 4. The van der Waals surface area contributed by atoms with Crippen molar-refractivity contribution in [2.45, 2.75) is 19.4 Å². The van der Waals surface area contributed by atoms with Crippen LogP contribution in [-0.4, -0.2) is 24.1 Å². The van der Waals surface area contributed by atoms with Gasteiger partial charge in [-0.25, -0.2) is 0 Å². The van der Waals surface area contributed by atoms with Gasteiger partial charge in [0, 0.05) is 12.6 Å². The van der Waals surface area contributed by atoms with Crippen molar-refractivity contribution in [1.29, 1.82) is 0 Å². The third-order valence-electron chi connectivity index (χ3n) is 2.62. The molecule has 0 aromatic heterocycles. The highest BCUT2D eigenvalue weighted by Crippen LogP contribution is 2.29. The topological polar surface area (TPSA) is 64.4 Å². The van der Waals surface area contributed by atoms with Gasteiger partial charge in [0.2, 0.25) is 0 Å². The molecule has 1 N–H and O–H groups in total. The van der Waals surface area contributed by atoms with Crippen molar-refractivity contribution < 1.29 is 9.66 Å². The molecule has 0 saturated carbocycles. The zero-order valence-electron chi connectivity index (χ0n) is 9.10. The fourth-order valence-electron chi connectivity index (χ4n) is 1.77. The maximum atomic E-state index is 10.8. The Labute approximate surface area is 93.6 Å². The van der Waals surface area contributed by atoms with E-state index < -0.39 is 4.92 Å². The number of nitrogens with one attached hydrogen (secondary N) is 1. The minimum absolute atomic E-state index is 0.0394. The monoisotopic (exact) mass is 222 g/mol. The molecule has 5 nitrogen and oxygen atoms in total. The minimum atomic E-state index is -0.406. The van der Waals surface area contributed by atoms with Crippen molar-refractivity contribution >= 4 is 5.69 Å². The Morgan fingerprint density at radius 2 is 2.38 bits per heavy atom. The summed E-state index contributed by atoms with van der Waals surface area (Å²) in [6.07, 6.45) is 0.936. The van der Waals surface area contributed by atoms with Crippen LogP contribution in [0.5, 0.6) is 5.75 Å². The number of aryl methyl sites for hydroxylation is 1. The van der Waals surface area contributed by atoms with Crippen LogP contribution in [0.15, 0.2) is 18.2 Å². The predicted molar refractivity (Wildman–Crippen MR) is 59.7 cm³/mol. The van der Waals surface area contributed by atoms with Crippen LogP contribution >= 0.6 is 0 Å². The van der Waals surface area contributed by atoms with Crippen LogP contribution in [0.3, 0.4) is 0 Å². The van der Waals surface area contributed by atoms with E-state index >= 15 is 0 Å². The first-order valence-corrected chi connectivity index (χ1v) is 5.29. The van der Waals surface area contributed by atoms with E-state index in [9.17, 15) is 10.1 Å². The van der Waals surface area contributed by atoms with Gasteiger partial charge in [-0.3, -0.25) is 10.1 Å². The first-order chi connectivity index (χ1) is 7.66. The molecule has 0 unspecified atom stereocenters. The number of nitro benzene ring substituents is 1. The van der Waals surface area contributed by atoms with Gasteiger partial charge < -0.3 is 10.1 Å². The van der Waals surface area contributed by atoms with Crippen molar-refractivity contribution in [3.63, 3.8) is 0 Å². The van der Waals surface area contributed by atoms with Crippen LogP contribution in [0.1, 0.15) is 12.0 Å². The Kier molecular flexibility index (Phi) is 3.05. The molecule has 1 heterocycles. The lowest BCUT2D eigenvalue weighted by molar-refractivity contribution is -0.386. The molecule has 16 heavy (non-hydrogen) atoms. The van der Waals surface area contributed by atoms with E-state index in [2.05, 4.69) is 5.32 Å². The smallest absolute Gasteiger partial charge is 0.310 e. The van der Waals surface area contributed by atoms with Gasteiger partial charge in [-0.05, 0) is 31.5 Å². The first-order valence-electron chi connectivity index (χ1n) is 5.29. The number of hydrogen-bond donors (Lipinski definition) is 1. The van der Waals surface area contributed by atoms with E-state index in [4.69, 9.17) is 4.74 Å². The maximum Gasteiger partial charge on any atom is 0.310 e. The lowest BCUT2D eigenvalue weighted by Gasteiger charge is -2.12. The number of nitrogens with zero attached hydrogens (tertiary/aromatic N) is 1. The zero-order valence-corrected chi connectivity index (χ0v) is 9.10. The van der Waals surface area contributed by atoms with E-state index in [-0.39, 0.29) is 11.8 Å². The Balaban J connectivity index is 2.22. The van der Waals surface area contributed by atoms with E-state index in [1.807, 2.05) is 6.92 Å². The summed E-state index contributed by atoms with van der Waals surface area (Å²) in [7, 11) is 0. The summed E-state index contributed by atoms with van der Waals surface area (Å²) in [5, 5.41) is 14.0. The molecule has 0 spiro atoms. The van der Waals surface area contributed by atoms with Crippen LogP contribution < -0.4 is 10.1 Å². The molecular formula is C11H14N2O3. The normalized spacial score (nSPS) is 19.7. The Morgan fingerprint density at radius 1 is 1.56 bits per heavy atom. The van der Waals surface area contributed by atoms with Gasteiger partial charge in [0.15, 0.2) is 5.75 Å². The standard InChI is InChI=1S/C11H14N2O3/c1-8-2-3-10(13(14)15)11(6-8)16-9-4-5-12-7-9/h2-3,6,9,12H,4-5,7H2,1H3/t9-/m0/s1. The van der Waals surface area contributed by atoms with Gasteiger partial charge in [0.1, 0.15) is 6.10 Å². The van der Waals surface area contributed by atoms with Gasteiger partial charge in [-0.15, -0.1) is 0 Å². The molecule has 0 bridgehead atoms. The van der Waals surface area contributed by atoms with E-state index in [1.54, 1.807) is 12.1 Å². The lowest BCUT2D eigenvalue weighted by atomic mass is 10.2. The second-order valence-electron chi connectivity index (χ2n) is 3.96. The van der Waals surface area contributed by atoms with Gasteiger partial charge in [0.25, 0.3) is 0 Å². The predicted octanol–water partition coefficient (Wildman–Crippen LogP) is 1.64. The second kappa shape index (κ2) is 4.49. The number of ether oxygens (including phenoxy) is 1. The van der Waals surface area contributed by atoms with E-state index in [0.717, 1.165) is 25.1 Å². The number of benzene rings is 1. The SMILES string of the molecule is Cc1ccc([N+](=O)[O-])c(O[C@H]2CCNC2)c1. The average Bonchev–Trinajstić information content (AvgIpc) is 2.70. The Morgan fingerprint density at radius 3 is 3.00 bits per heavy atom. The lowest BCUT2D eigenvalue weighted by Crippen LogP contribution is -2.20. The molecule has 1 aliphatic rings. The zero-order chi connectivity index (χ0) is 11.5. The molecule has 0 radical (unpaired) electrons. The molecule has 86 valence electrons. The van der Waals surface area contributed by atoms with Crippen LogP contribution in [0.25, 0.3) is 0 Å². The molecule has 1 aromatic carbocycles. The van der Waals surface area contributed by atoms with E-state index in [1.165, 1.54) is 6.07 Å². The van der Waals surface area contributed by atoms with Crippen molar-refractivity contribution in [3.8, 4) is 5.75 Å². The van der Waals surface area contributed by atoms with Gasteiger partial charge in [-0.2, -0.15) is 0 Å². The van der Waals surface area contributed by atoms with Gasteiger partial charge >= 0.3 is 5.69 Å². The summed E-state index contributed by atoms with van der Waals surface area (Å²) >= 11 is 0. The molecule has 0 aliphatic carbocycles. The highest BCUT2D eigenvalue weighted by molar-refractivity contribution is 5.48. The van der Waals surface area contributed by atoms with Crippen LogP contribution in [0.2, 0.25) is 0 Å². The average molecular weight is 222 g/mol. The molecule has 1 aromatic rings. The molecule has 1 saturated heterocycles. The molecule has 0 amide bonds. The van der Waals surface area contributed by atoms with Crippen molar-refractivity contribution in [2.75, 3.05) is 13.1 Å². The molecule has 5 heteroatoms.